The Hall–Kier alpha value is -2.50. The largest absolute Gasteiger partial charge is 0.490 e. The summed E-state index contributed by atoms with van der Waals surface area (Å²) >= 11 is 0. The first-order valence-corrected chi connectivity index (χ1v) is 6.47. The van der Waals surface area contributed by atoms with Crippen molar-refractivity contribution in [1.29, 1.82) is 0 Å². The van der Waals surface area contributed by atoms with Gasteiger partial charge in [-0.2, -0.15) is 0 Å². The van der Waals surface area contributed by atoms with Crippen LogP contribution in [0.2, 0.25) is 0 Å². The van der Waals surface area contributed by atoms with E-state index in [1.54, 1.807) is 6.20 Å². The van der Waals surface area contributed by atoms with Crippen LogP contribution in [0.5, 0.6) is 11.5 Å². The summed E-state index contributed by atoms with van der Waals surface area (Å²) in [4.78, 5) is 8.12. The summed E-state index contributed by atoms with van der Waals surface area (Å²) in [6.07, 6.45) is 3.10. The highest BCUT2D eigenvalue weighted by molar-refractivity contribution is 5.61. The molecule has 0 saturated carbocycles. The van der Waals surface area contributed by atoms with E-state index in [4.69, 9.17) is 15.2 Å². The zero-order valence-corrected chi connectivity index (χ0v) is 11.6. The molecule has 2 rings (SSSR count). The third-order valence-electron chi connectivity index (χ3n) is 2.47. The van der Waals surface area contributed by atoms with Gasteiger partial charge >= 0.3 is 0 Å². The Morgan fingerprint density at radius 3 is 2.55 bits per heavy atom. The highest BCUT2D eigenvalue weighted by atomic mass is 16.5. The van der Waals surface area contributed by atoms with E-state index in [-0.39, 0.29) is 0 Å². The van der Waals surface area contributed by atoms with Crippen LogP contribution in [0.3, 0.4) is 0 Å². The summed E-state index contributed by atoms with van der Waals surface area (Å²) in [6, 6.07) is 5.61. The fraction of sp³-hybridized carbons (Fsp3) is 0.286. The van der Waals surface area contributed by atoms with E-state index in [2.05, 4.69) is 15.3 Å². The van der Waals surface area contributed by atoms with Gasteiger partial charge in [-0.25, -0.2) is 4.98 Å². The van der Waals surface area contributed by atoms with Crippen molar-refractivity contribution in [2.45, 2.75) is 13.8 Å². The number of nitrogen functional groups attached to an aromatic ring is 1. The lowest BCUT2D eigenvalue weighted by Crippen LogP contribution is -2.01. The molecule has 20 heavy (non-hydrogen) atoms. The zero-order chi connectivity index (χ0) is 14.4. The molecule has 6 heteroatoms. The SMILES string of the molecule is CCOc1ccc(Nc2cncc(N)n2)cc1OCC. The van der Waals surface area contributed by atoms with Gasteiger partial charge in [-0.3, -0.25) is 4.98 Å². The van der Waals surface area contributed by atoms with Gasteiger partial charge in [0.05, 0.1) is 25.6 Å². The molecule has 6 nitrogen and oxygen atoms in total. The lowest BCUT2D eigenvalue weighted by atomic mass is 10.2. The Balaban J connectivity index is 2.22. The molecule has 2 aromatic rings. The topological polar surface area (TPSA) is 82.3 Å². The molecule has 0 atom stereocenters. The summed E-state index contributed by atoms with van der Waals surface area (Å²) in [5.74, 6) is 2.36. The summed E-state index contributed by atoms with van der Waals surface area (Å²) in [5.41, 5.74) is 6.43. The summed E-state index contributed by atoms with van der Waals surface area (Å²) < 4.78 is 11.1. The maximum atomic E-state index is 5.60. The van der Waals surface area contributed by atoms with Gasteiger partial charge in [-0.05, 0) is 26.0 Å². The Morgan fingerprint density at radius 2 is 1.85 bits per heavy atom. The van der Waals surface area contributed by atoms with E-state index < -0.39 is 0 Å². The number of nitrogens with two attached hydrogens (primary N) is 1. The molecule has 0 saturated heterocycles. The zero-order valence-electron chi connectivity index (χ0n) is 11.6. The fourth-order valence-corrected chi connectivity index (χ4v) is 1.72. The van der Waals surface area contributed by atoms with Crippen LogP contribution in [-0.4, -0.2) is 23.2 Å². The minimum Gasteiger partial charge on any atom is -0.490 e. The van der Waals surface area contributed by atoms with Crippen LogP contribution < -0.4 is 20.5 Å². The molecule has 0 amide bonds. The van der Waals surface area contributed by atoms with E-state index in [1.165, 1.54) is 6.20 Å². The minimum atomic E-state index is 0.367. The fourth-order valence-electron chi connectivity index (χ4n) is 1.72. The van der Waals surface area contributed by atoms with Gasteiger partial charge in [0, 0.05) is 11.8 Å². The third-order valence-corrected chi connectivity index (χ3v) is 2.47. The average molecular weight is 274 g/mol. The lowest BCUT2D eigenvalue weighted by Gasteiger charge is -2.13. The Labute approximate surface area is 118 Å². The first-order valence-electron chi connectivity index (χ1n) is 6.47. The van der Waals surface area contributed by atoms with Crippen LogP contribution in [-0.2, 0) is 0 Å². The second kappa shape index (κ2) is 6.60. The Bertz CT molecular complexity index is 575. The summed E-state index contributed by atoms with van der Waals surface area (Å²) in [5, 5.41) is 3.12. The van der Waals surface area contributed by atoms with Crippen LogP contribution in [0.1, 0.15) is 13.8 Å². The molecule has 1 aromatic carbocycles. The van der Waals surface area contributed by atoms with Crippen molar-refractivity contribution in [3.05, 3.63) is 30.6 Å². The number of hydrogen-bond acceptors (Lipinski definition) is 6. The van der Waals surface area contributed by atoms with Gasteiger partial charge in [0.15, 0.2) is 17.3 Å². The van der Waals surface area contributed by atoms with Crippen LogP contribution in [0.25, 0.3) is 0 Å². The predicted octanol–water partition coefficient (Wildman–Crippen LogP) is 2.60. The Morgan fingerprint density at radius 1 is 1.10 bits per heavy atom. The van der Waals surface area contributed by atoms with Crippen molar-refractivity contribution in [3.63, 3.8) is 0 Å². The van der Waals surface area contributed by atoms with Gasteiger partial charge < -0.3 is 20.5 Å². The van der Waals surface area contributed by atoms with Crippen LogP contribution >= 0.6 is 0 Å². The molecule has 0 spiro atoms. The van der Waals surface area contributed by atoms with Crippen LogP contribution in [0.15, 0.2) is 30.6 Å². The highest BCUT2D eigenvalue weighted by Gasteiger charge is 2.07. The standard InChI is InChI=1S/C14H18N4O2/c1-3-19-11-6-5-10(7-12(11)20-4-2)17-14-9-16-8-13(15)18-14/h5-9H,3-4H2,1-2H3,(H3,15,17,18). The molecule has 3 N–H and O–H groups in total. The maximum Gasteiger partial charge on any atom is 0.163 e. The molecule has 106 valence electrons. The molecule has 0 unspecified atom stereocenters. The molecular weight excluding hydrogens is 256 g/mol. The molecule has 1 aromatic heterocycles. The van der Waals surface area contributed by atoms with Gasteiger partial charge in [-0.1, -0.05) is 0 Å². The molecule has 0 bridgehead atoms. The highest BCUT2D eigenvalue weighted by Crippen LogP contribution is 2.31. The van der Waals surface area contributed by atoms with Gasteiger partial charge in [0.2, 0.25) is 0 Å². The van der Waals surface area contributed by atoms with Gasteiger partial charge in [0.1, 0.15) is 5.82 Å². The average Bonchev–Trinajstić information content (AvgIpc) is 2.42. The van der Waals surface area contributed by atoms with Crippen molar-refractivity contribution in [1.82, 2.24) is 9.97 Å². The number of nitrogens with one attached hydrogen (secondary N) is 1. The molecule has 0 aliphatic rings. The summed E-state index contributed by atoms with van der Waals surface area (Å²) in [7, 11) is 0. The number of rotatable bonds is 6. The van der Waals surface area contributed by atoms with Crippen LogP contribution in [0.4, 0.5) is 17.3 Å². The number of aromatic nitrogens is 2. The number of nitrogens with zero attached hydrogens (tertiary/aromatic N) is 2. The van der Waals surface area contributed by atoms with E-state index in [0.29, 0.717) is 30.6 Å². The molecule has 0 aliphatic heterocycles. The van der Waals surface area contributed by atoms with Gasteiger partial charge in [0.25, 0.3) is 0 Å². The molecule has 0 aliphatic carbocycles. The molecule has 0 fully saturated rings. The summed E-state index contributed by atoms with van der Waals surface area (Å²) in [6.45, 7) is 5.03. The van der Waals surface area contributed by atoms with Crippen molar-refractivity contribution < 1.29 is 9.47 Å². The second-order valence-electron chi connectivity index (χ2n) is 3.98. The smallest absolute Gasteiger partial charge is 0.163 e. The molecule has 0 radical (unpaired) electrons. The van der Waals surface area contributed by atoms with Crippen LogP contribution in [0, 0.1) is 0 Å². The Kier molecular flexibility index (Phi) is 4.60. The number of ether oxygens (including phenoxy) is 2. The number of anilines is 3. The molecular formula is C14H18N4O2. The van der Waals surface area contributed by atoms with Crippen molar-refractivity contribution in [2.75, 3.05) is 24.3 Å². The maximum absolute atomic E-state index is 5.60. The first-order chi connectivity index (χ1) is 9.72. The van der Waals surface area contributed by atoms with Crippen molar-refractivity contribution in [2.24, 2.45) is 0 Å². The molecule has 1 heterocycles. The third kappa shape index (κ3) is 3.50. The lowest BCUT2D eigenvalue weighted by molar-refractivity contribution is 0.288. The van der Waals surface area contributed by atoms with E-state index in [9.17, 15) is 0 Å². The van der Waals surface area contributed by atoms with E-state index >= 15 is 0 Å². The van der Waals surface area contributed by atoms with E-state index in [0.717, 1.165) is 11.4 Å². The quantitative estimate of drug-likeness (QED) is 0.842. The first kappa shape index (κ1) is 13.9. The number of hydrogen-bond donors (Lipinski definition) is 2. The van der Waals surface area contributed by atoms with Crippen molar-refractivity contribution >= 4 is 17.3 Å². The normalized spacial score (nSPS) is 10.1. The predicted molar refractivity (Wildman–Crippen MR) is 78.5 cm³/mol. The monoisotopic (exact) mass is 274 g/mol. The van der Waals surface area contributed by atoms with Crippen molar-refractivity contribution in [3.8, 4) is 11.5 Å². The minimum absolute atomic E-state index is 0.367. The van der Waals surface area contributed by atoms with E-state index in [1.807, 2.05) is 32.0 Å². The second-order valence-corrected chi connectivity index (χ2v) is 3.98. The van der Waals surface area contributed by atoms with Gasteiger partial charge in [-0.15, -0.1) is 0 Å². The number of benzene rings is 1.